The van der Waals surface area contributed by atoms with Crippen LogP contribution in [-0.2, 0) is 0 Å². The van der Waals surface area contributed by atoms with Crippen molar-refractivity contribution < 1.29 is 0 Å². The molecule has 1 aliphatic carbocycles. The summed E-state index contributed by atoms with van der Waals surface area (Å²) in [7, 11) is 0. The molecule has 0 heterocycles. The Bertz CT molecular complexity index is 501. The van der Waals surface area contributed by atoms with E-state index in [1.165, 1.54) is 0 Å². The molecule has 0 amide bonds. The van der Waals surface area contributed by atoms with E-state index in [4.69, 9.17) is 34.7 Å². The molecule has 1 fully saturated rings. The fraction of sp³-hybridized carbons (Fsp3) is 0.385. The van der Waals surface area contributed by atoms with E-state index in [9.17, 15) is 0 Å². The van der Waals surface area contributed by atoms with Gasteiger partial charge in [-0.3, -0.25) is 0 Å². The van der Waals surface area contributed by atoms with Gasteiger partial charge in [0, 0.05) is 21.7 Å². The summed E-state index contributed by atoms with van der Waals surface area (Å²) in [4.78, 5) is 0. The molecule has 19 heavy (non-hydrogen) atoms. The molecule has 1 aromatic rings. The van der Waals surface area contributed by atoms with E-state index < -0.39 is 0 Å². The molecule has 102 valence electrons. The largest absolute Gasteiger partial charge is 0.369 e. The Morgan fingerprint density at radius 3 is 2.47 bits per heavy atom. The fourth-order valence-corrected chi connectivity index (χ4v) is 3.05. The Kier molecular flexibility index (Phi) is 4.66. The van der Waals surface area contributed by atoms with Crippen molar-refractivity contribution in [3.05, 3.63) is 33.8 Å². The Morgan fingerprint density at radius 1 is 1.16 bits per heavy atom. The highest BCUT2D eigenvalue weighted by Gasteiger charge is 2.26. The highest BCUT2D eigenvalue weighted by molar-refractivity contribution is 6.36. The van der Waals surface area contributed by atoms with E-state index in [0.717, 1.165) is 37.0 Å². The van der Waals surface area contributed by atoms with Crippen molar-refractivity contribution in [2.45, 2.75) is 31.6 Å². The van der Waals surface area contributed by atoms with Crippen LogP contribution in [0.3, 0.4) is 0 Å². The molecule has 4 nitrogen and oxygen atoms in total. The smallest absolute Gasteiger partial charge is 0.211 e. The number of nitrogens with two attached hydrogens (primary N) is 2. The van der Waals surface area contributed by atoms with Gasteiger partial charge in [0.15, 0.2) is 0 Å². The van der Waals surface area contributed by atoms with E-state index in [1.54, 1.807) is 0 Å². The van der Waals surface area contributed by atoms with Gasteiger partial charge in [0.05, 0.1) is 0 Å². The van der Waals surface area contributed by atoms with Crippen LogP contribution in [0.5, 0.6) is 0 Å². The lowest BCUT2D eigenvalue weighted by Gasteiger charge is -2.25. The Morgan fingerprint density at radius 2 is 1.84 bits per heavy atom. The summed E-state index contributed by atoms with van der Waals surface area (Å²) >= 11 is 12.5. The molecule has 1 unspecified atom stereocenters. The molecule has 0 saturated heterocycles. The first-order valence-corrected chi connectivity index (χ1v) is 6.94. The number of hydrogen-bond donors (Lipinski definition) is 2. The molecule has 4 N–H and O–H groups in total. The van der Waals surface area contributed by atoms with Crippen molar-refractivity contribution in [2.75, 3.05) is 0 Å². The molecule has 2 rings (SSSR count). The molecule has 1 aromatic carbocycles. The topological polar surface area (TPSA) is 76.8 Å². The van der Waals surface area contributed by atoms with Gasteiger partial charge in [0.1, 0.15) is 0 Å². The van der Waals surface area contributed by atoms with Crippen LogP contribution < -0.4 is 11.5 Å². The van der Waals surface area contributed by atoms with Crippen LogP contribution in [-0.4, -0.2) is 11.7 Å². The Labute approximate surface area is 122 Å². The summed E-state index contributed by atoms with van der Waals surface area (Å²) in [5.41, 5.74) is 12.5. The SMILES string of the molecule is NC(N)=N/N=C1\CCCCC1c1c(Cl)cccc1Cl. The van der Waals surface area contributed by atoms with E-state index in [2.05, 4.69) is 10.2 Å². The summed E-state index contributed by atoms with van der Waals surface area (Å²) in [6, 6.07) is 5.52. The van der Waals surface area contributed by atoms with Crippen LogP contribution in [0.2, 0.25) is 10.0 Å². The third-order valence-electron chi connectivity index (χ3n) is 3.22. The van der Waals surface area contributed by atoms with E-state index in [1.807, 2.05) is 18.2 Å². The van der Waals surface area contributed by atoms with Crippen molar-refractivity contribution >= 4 is 34.9 Å². The second-order valence-corrected chi connectivity index (χ2v) is 5.36. The minimum Gasteiger partial charge on any atom is -0.369 e. The Balaban J connectivity index is 2.40. The third-order valence-corrected chi connectivity index (χ3v) is 3.88. The van der Waals surface area contributed by atoms with Crippen molar-refractivity contribution in [1.29, 1.82) is 0 Å². The number of nitrogens with zero attached hydrogens (tertiary/aromatic N) is 2. The molecule has 0 radical (unpaired) electrons. The van der Waals surface area contributed by atoms with Crippen LogP contribution >= 0.6 is 23.2 Å². The normalized spacial score (nSPS) is 21.4. The van der Waals surface area contributed by atoms with Crippen molar-refractivity contribution in [1.82, 2.24) is 0 Å². The summed E-state index contributed by atoms with van der Waals surface area (Å²) in [6.07, 6.45) is 4.02. The quantitative estimate of drug-likeness (QED) is 0.499. The Hall–Kier alpha value is -1.26. The van der Waals surface area contributed by atoms with Gasteiger partial charge in [-0.25, -0.2) is 0 Å². The van der Waals surface area contributed by atoms with Gasteiger partial charge in [-0.15, -0.1) is 5.10 Å². The molecular weight excluding hydrogens is 283 g/mol. The molecule has 0 aliphatic heterocycles. The van der Waals surface area contributed by atoms with Crippen molar-refractivity contribution in [2.24, 2.45) is 21.7 Å². The minimum absolute atomic E-state index is 0.0397. The van der Waals surface area contributed by atoms with Gasteiger partial charge in [-0.05, 0) is 37.0 Å². The molecule has 1 aliphatic rings. The second-order valence-electron chi connectivity index (χ2n) is 4.55. The zero-order valence-corrected chi connectivity index (χ0v) is 12.0. The zero-order chi connectivity index (χ0) is 13.8. The zero-order valence-electron chi connectivity index (χ0n) is 10.4. The maximum atomic E-state index is 6.27. The van der Waals surface area contributed by atoms with Crippen LogP contribution in [0.1, 0.15) is 37.2 Å². The number of hydrogen-bond acceptors (Lipinski definition) is 2. The summed E-state index contributed by atoms with van der Waals surface area (Å²) < 4.78 is 0. The maximum Gasteiger partial charge on any atom is 0.211 e. The highest BCUT2D eigenvalue weighted by Crippen LogP contribution is 2.38. The van der Waals surface area contributed by atoms with Crippen molar-refractivity contribution in [3.63, 3.8) is 0 Å². The van der Waals surface area contributed by atoms with Gasteiger partial charge < -0.3 is 11.5 Å². The second kappa shape index (κ2) is 6.26. The van der Waals surface area contributed by atoms with E-state index in [0.29, 0.717) is 10.0 Å². The van der Waals surface area contributed by atoms with Crippen LogP contribution in [0, 0.1) is 0 Å². The van der Waals surface area contributed by atoms with Gasteiger partial charge in [0.25, 0.3) is 0 Å². The molecule has 1 atom stereocenters. The van der Waals surface area contributed by atoms with Crippen molar-refractivity contribution in [3.8, 4) is 0 Å². The average molecular weight is 299 g/mol. The lowest BCUT2D eigenvalue weighted by molar-refractivity contribution is 0.611. The standard InChI is InChI=1S/C13H16Cl2N4/c14-9-5-3-6-10(15)12(9)8-4-1-2-7-11(8)18-19-13(16)17/h3,5-6,8H,1-2,4,7H2,(H4,16,17,19)/b18-11+. The highest BCUT2D eigenvalue weighted by atomic mass is 35.5. The monoisotopic (exact) mass is 298 g/mol. The molecule has 0 spiro atoms. The molecule has 1 saturated carbocycles. The van der Waals surface area contributed by atoms with Crippen LogP contribution in [0.4, 0.5) is 0 Å². The number of benzene rings is 1. The first kappa shape index (κ1) is 14.2. The predicted molar refractivity (Wildman–Crippen MR) is 80.9 cm³/mol. The number of guanidine groups is 1. The number of rotatable bonds is 2. The molecule has 6 heteroatoms. The van der Waals surface area contributed by atoms with Gasteiger partial charge >= 0.3 is 0 Å². The molecule has 0 bridgehead atoms. The predicted octanol–water partition coefficient (Wildman–Crippen LogP) is 3.28. The summed E-state index contributed by atoms with van der Waals surface area (Å²) in [6.45, 7) is 0. The van der Waals surface area contributed by atoms with Gasteiger partial charge in [-0.1, -0.05) is 35.7 Å². The lowest BCUT2D eigenvalue weighted by atomic mass is 9.82. The van der Waals surface area contributed by atoms with E-state index in [-0.39, 0.29) is 11.9 Å². The molecule has 0 aromatic heterocycles. The van der Waals surface area contributed by atoms with E-state index >= 15 is 0 Å². The van der Waals surface area contributed by atoms with Gasteiger partial charge in [0.2, 0.25) is 5.96 Å². The fourth-order valence-electron chi connectivity index (χ4n) is 2.39. The molecular formula is C13H16Cl2N4. The van der Waals surface area contributed by atoms with Gasteiger partial charge in [-0.2, -0.15) is 5.10 Å². The van der Waals surface area contributed by atoms with Crippen LogP contribution in [0.15, 0.2) is 28.4 Å². The third kappa shape index (κ3) is 3.39. The average Bonchev–Trinajstić information content (AvgIpc) is 2.37. The first-order valence-electron chi connectivity index (χ1n) is 6.19. The summed E-state index contributed by atoms with van der Waals surface area (Å²) in [5, 5.41) is 9.24. The maximum absolute atomic E-state index is 6.27. The lowest BCUT2D eigenvalue weighted by Crippen LogP contribution is -2.23. The number of halogens is 2. The first-order chi connectivity index (χ1) is 9.09. The van der Waals surface area contributed by atoms with Crippen LogP contribution in [0.25, 0.3) is 0 Å². The minimum atomic E-state index is -0.0397. The summed E-state index contributed by atoms with van der Waals surface area (Å²) in [5.74, 6) is 0.0557.